The zero-order valence-electron chi connectivity index (χ0n) is 10.6. The quantitative estimate of drug-likeness (QED) is 0.821. The summed E-state index contributed by atoms with van der Waals surface area (Å²) in [7, 11) is 1.68. The molecule has 2 unspecified atom stereocenters. The van der Waals surface area contributed by atoms with Crippen LogP contribution in [0, 0.1) is 0 Å². The van der Waals surface area contributed by atoms with Crippen molar-refractivity contribution in [2.45, 2.75) is 24.3 Å². The third-order valence-corrected chi connectivity index (χ3v) is 4.16. The number of nitrogens with two attached hydrogens (primary N) is 1. The zero-order chi connectivity index (χ0) is 12.4. The van der Waals surface area contributed by atoms with Crippen molar-refractivity contribution in [1.29, 1.82) is 0 Å². The fourth-order valence-corrected chi connectivity index (χ4v) is 3.62. The molecule has 1 saturated heterocycles. The van der Waals surface area contributed by atoms with Crippen LogP contribution in [-0.4, -0.2) is 30.7 Å². The molecule has 1 aromatic carbocycles. The van der Waals surface area contributed by atoms with E-state index in [4.69, 9.17) is 10.5 Å². The number of rotatable bonds is 2. The lowest BCUT2D eigenvalue weighted by Gasteiger charge is -2.36. The minimum atomic E-state index is 0.658. The first-order chi connectivity index (χ1) is 8.08. The van der Waals surface area contributed by atoms with Crippen molar-refractivity contribution < 1.29 is 4.74 Å². The van der Waals surface area contributed by atoms with E-state index in [2.05, 4.69) is 24.8 Å². The Kier molecular flexibility index (Phi) is 3.72. The Morgan fingerprint density at radius 1 is 1.24 bits per heavy atom. The summed E-state index contributed by atoms with van der Waals surface area (Å²) in [6, 6.07) is 5.94. The smallest absolute Gasteiger partial charge is 0.122 e. The molecule has 2 N–H and O–H groups in total. The Labute approximate surface area is 107 Å². The van der Waals surface area contributed by atoms with Crippen molar-refractivity contribution in [3.8, 4) is 5.75 Å². The number of nitrogens with zero attached hydrogens (tertiary/aromatic N) is 1. The number of hydrogen-bond donors (Lipinski definition) is 1. The topological polar surface area (TPSA) is 38.5 Å². The molecular weight excluding hydrogens is 232 g/mol. The van der Waals surface area contributed by atoms with Crippen LogP contribution in [0.1, 0.15) is 13.8 Å². The van der Waals surface area contributed by atoms with Gasteiger partial charge in [-0.05, 0) is 6.07 Å². The molecule has 17 heavy (non-hydrogen) atoms. The highest BCUT2D eigenvalue weighted by Gasteiger charge is 2.22. The first kappa shape index (κ1) is 12.4. The number of anilines is 2. The number of thioether (sulfide) groups is 1. The van der Waals surface area contributed by atoms with Gasteiger partial charge in [-0.15, -0.1) is 0 Å². The van der Waals surface area contributed by atoms with Gasteiger partial charge in [0, 0.05) is 47.1 Å². The van der Waals surface area contributed by atoms with E-state index in [1.807, 2.05) is 23.9 Å². The summed E-state index contributed by atoms with van der Waals surface area (Å²) in [5, 5.41) is 1.32. The molecule has 2 rings (SSSR count). The molecule has 4 heteroatoms. The van der Waals surface area contributed by atoms with E-state index in [-0.39, 0.29) is 0 Å². The van der Waals surface area contributed by atoms with Gasteiger partial charge in [0.25, 0.3) is 0 Å². The fourth-order valence-electron chi connectivity index (χ4n) is 2.29. The average molecular weight is 252 g/mol. The number of hydrogen-bond acceptors (Lipinski definition) is 4. The van der Waals surface area contributed by atoms with Crippen LogP contribution in [0.15, 0.2) is 18.2 Å². The Bertz CT molecular complexity index is 387. The first-order valence-electron chi connectivity index (χ1n) is 5.93. The molecule has 2 atom stereocenters. The number of methoxy groups -OCH3 is 1. The van der Waals surface area contributed by atoms with Gasteiger partial charge < -0.3 is 15.4 Å². The van der Waals surface area contributed by atoms with Crippen LogP contribution in [0.3, 0.4) is 0 Å². The fraction of sp³-hybridized carbons (Fsp3) is 0.538. The molecule has 0 radical (unpaired) electrons. The summed E-state index contributed by atoms with van der Waals surface area (Å²) < 4.78 is 5.27. The summed E-state index contributed by atoms with van der Waals surface area (Å²) in [6.45, 7) is 6.69. The molecule has 0 bridgehead atoms. The maximum absolute atomic E-state index is 5.90. The number of nitrogen functional groups attached to an aromatic ring is 1. The van der Waals surface area contributed by atoms with Gasteiger partial charge in [-0.3, -0.25) is 0 Å². The van der Waals surface area contributed by atoms with Gasteiger partial charge in [-0.1, -0.05) is 13.8 Å². The second-order valence-corrected chi connectivity index (χ2v) is 6.51. The normalized spacial score (nSPS) is 24.8. The lowest BCUT2D eigenvalue weighted by atomic mass is 10.2. The van der Waals surface area contributed by atoms with E-state index in [1.165, 1.54) is 5.69 Å². The molecule has 0 spiro atoms. The van der Waals surface area contributed by atoms with E-state index < -0.39 is 0 Å². The van der Waals surface area contributed by atoms with Crippen LogP contribution in [0.2, 0.25) is 0 Å². The molecule has 0 saturated carbocycles. The molecule has 1 heterocycles. The van der Waals surface area contributed by atoms with Crippen molar-refractivity contribution in [1.82, 2.24) is 0 Å². The van der Waals surface area contributed by atoms with Crippen molar-refractivity contribution in [3.63, 3.8) is 0 Å². The highest BCUT2D eigenvalue weighted by Crippen LogP contribution is 2.31. The molecular formula is C13H20N2OS. The summed E-state index contributed by atoms with van der Waals surface area (Å²) >= 11 is 2.05. The third kappa shape index (κ3) is 3.00. The van der Waals surface area contributed by atoms with Crippen LogP contribution in [0.4, 0.5) is 11.4 Å². The largest absolute Gasteiger partial charge is 0.497 e. The van der Waals surface area contributed by atoms with Crippen LogP contribution in [0.5, 0.6) is 5.75 Å². The van der Waals surface area contributed by atoms with Crippen molar-refractivity contribution >= 4 is 23.1 Å². The van der Waals surface area contributed by atoms with E-state index in [0.29, 0.717) is 10.5 Å². The van der Waals surface area contributed by atoms with E-state index in [0.717, 1.165) is 24.5 Å². The van der Waals surface area contributed by atoms with E-state index in [1.54, 1.807) is 7.11 Å². The van der Waals surface area contributed by atoms with Crippen LogP contribution in [0.25, 0.3) is 0 Å². The molecule has 0 aromatic heterocycles. The molecule has 94 valence electrons. The van der Waals surface area contributed by atoms with Crippen LogP contribution < -0.4 is 15.4 Å². The van der Waals surface area contributed by atoms with Crippen molar-refractivity contribution in [2.75, 3.05) is 30.8 Å². The van der Waals surface area contributed by atoms with Crippen LogP contribution in [-0.2, 0) is 0 Å². The standard InChI is InChI=1S/C13H20N2OS/c1-9-7-15(8-10(2)17-9)12-4-11(14)5-13(6-12)16-3/h4-6,9-10H,7-8,14H2,1-3H3. The molecule has 0 amide bonds. The van der Waals surface area contributed by atoms with Crippen LogP contribution >= 0.6 is 11.8 Å². The van der Waals surface area contributed by atoms with Gasteiger partial charge in [0.1, 0.15) is 5.75 Å². The molecule has 0 aliphatic carbocycles. The first-order valence-corrected chi connectivity index (χ1v) is 6.87. The summed E-state index contributed by atoms with van der Waals surface area (Å²) in [5.41, 5.74) is 7.83. The Morgan fingerprint density at radius 2 is 1.88 bits per heavy atom. The van der Waals surface area contributed by atoms with Gasteiger partial charge in [-0.25, -0.2) is 0 Å². The predicted octanol–water partition coefficient (Wildman–Crippen LogP) is 2.61. The second kappa shape index (κ2) is 5.08. The third-order valence-electron chi connectivity index (χ3n) is 2.93. The summed E-state index contributed by atoms with van der Waals surface area (Å²) in [4.78, 5) is 2.39. The minimum absolute atomic E-state index is 0.658. The Hall–Kier alpha value is -1.03. The van der Waals surface area contributed by atoms with Gasteiger partial charge >= 0.3 is 0 Å². The predicted molar refractivity (Wildman–Crippen MR) is 76.1 cm³/mol. The second-order valence-electron chi connectivity index (χ2n) is 4.63. The van der Waals surface area contributed by atoms with Gasteiger partial charge in [0.05, 0.1) is 7.11 Å². The molecule has 1 aliphatic rings. The average Bonchev–Trinajstić information content (AvgIpc) is 2.26. The van der Waals surface area contributed by atoms with Gasteiger partial charge in [0.15, 0.2) is 0 Å². The maximum Gasteiger partial charge on any atom is 0.122 e. The lowest BCUT2D eigenvalue weighted by Crippen LogP contribution is -2.40. The highest BCUT2D eigenvalue weighted by molar-refractivity contribution is 8.00. The molecule has 3 nitrogen and oxygen atoms in total. The molecule has 1 fully saturated rings. The van der Waals surface area contributed by atoms with E-state index in [9.17, 15) is 0 Å². The molecule has 1 aliphatic heterocycles. The maximum atomic E-state index is 5.90. The highest BCUT2D eigenvalue weighted by atomic mass is 32.2. The number of benzene rings is 1. The van der Waals surface area contributed by atoms with Gasteiger partial charge in [-0.2, -0.15) is 11.8 Å². The Balaban J connectivity index is 2.23. The zero-order valence-corrected chi connectivity index (χ0v) is 11.5. The number of ether oxygens (including phenoxy) is 1. The SMILES string of the molecule is COc1cc(N)cc(N2CC(C)SC(C)C2)c1. The van der Waals surface area contributed by atoms with Gasteiger partial charge in [0.2, 0.25) is 0 Å². The van der Waals surface area contributed by atoms with E-state index >= 15 is 0 Å². The Morgan fingerprint density at radius 3 is 2.47 bits per heavy atom. The van der Waals surface area contributed by atoms with Crippen molar-refractivity contribution in [2.24, 2.45) is 0 Å². The lowest BCUT2D eigenvalue weighted by molar-refractivity contribution is 0.415. The summed E-state index contributed by atoms with van der Waals surface area (Å²) in [5.74, 6) is 0.832. The monoisotopic (exact) mass is 252 g/mol. The summed E-state index contributed by atoms with van der Waals surface area (Å²) in [6.07, 6.45) is 0. The molecule has 1 aromatic rings. The minimum Gasteiger partial charge on any atom is -0.497 e. The van der Waals surface area contributed by atoms with Crippen molar-refractivity contribution in [3.05, 3.63) is 18.2 Å².